The first-order valence-electron chi connectivity index (χ1n) is 3.56. The van der Waals surface area contributed by atoms with Gasteiger partial charge >= 0.3 is 0 Å². The monoisotopic (exact) mass is 194 g/mol. The van der Waals surface area contributed by atoms with Crippen LogP contribution in [0.5, 0.6) is 0 Å². The molecule has 0 atom stereocenters. The van der Waals surface area contributed by atoms with Crippen LogP contribution in [0, 0.1) is 11.3 Å². The van der Waals surface area contributed by atoms with E-state index in [2.05, 4.69) is 0 Å². The van der Waals surface area contributed by atoms with E-state index in [0.29, 0.717) is 5.56 Å². The SMILES string of the molecule is CC(=O)c1cc(N)c(Cl)c(C#N)c1. The average molecular weight is 195 g/mol. The van der Waals surface area contributed by atoms with Gasteiger partial charge < -0.3 is 5.73 Å². The van der Waals surface area contributed by atoms with Crippen LogP contribution < -0.4 is 5.73 Å². The predicted molar refractivity (Wildman–Crippen MR) is 50.6 cm³/mol. The number of hydrogen-bond donors (Lipinski definition) is 1. The maximum atomic E-state index is 11.0. The van der Waals surface area contributed by atoms with Crippen molar-refractivity contribution in [2.45, 2.75) is 6.92 Å². The number of nitrogen functional groups attached to an aromatic ring is 1. The van der Waals surface area contributed by atoms with Crippen molar-refractivity contribution in [1.29, 1.82) is 5.26 Å². The van der Waals surface area contributed by atoms with E-state index in [1.807, 2.05) is 6.07 Å². The third-order valence-electron chi connectivity index (χ3n) is 1.63. The molecule has 0 amide bonds. The Bertz CT molecular complexity index is 407. The molecule has 3 nitrogen and oxygen atoms in total. The van der Waals surface area contributed by atoms with Gasteiger partial charge in [-0.25, -0.2) is 0 Å². The summed E-state index contributed by atoms with van der Waals surface area (Å²) in [5.41, 5.74) is 6.38. The quantitative estimate of drug-likeness (QED) is 0.549. The normalized spacial score (nSPS) is 9.31. The Kier molecular flexibility index (Phi) is 2.54. The molecule has 0 aliphatic heterocycles. The molecule has 0 unspecified atom stereocenters. The van der Waals surface area contributed by atoms with Crippen LogP contribution in [0.4, 0.5) is 5.69 Å². The molecule has 0 heterocycles. The zero-order valence-electron chi connectivity index (χ0n) is 6.97. The second kappa shape index (κ2) is 3.46. The number of carbonyl (C=O) groups is 1. The molecular weight excluding hydrogens is 188 g/mol. The highest BCUT2D eigenvalue weighted by Gasteiger charge is 2.08. The summed E-state index contributed by atoms with van der Waals surface area (Å²) in [6.45, 7) is 1.41. The van der Waals surface area contributed by atoms with Gasteiger partial charge in [0.1, 0.15) is 6.07 Å². The lowest BCUT2D eigenvalue weighted by atomic mass is 10.1. The fraction of sp³-hybridized carbons (Fsp3) is 0.111. The maximum Gasteiger partial charge on any atom is 0.159 e. The van der Waals surface area contributed by atoms with E-state index in [9.17, 15) is 4.79 Å². The highest BCUT2D eigenvalue weighted by molar-refractivity contribution is 6.34. The number of anilines is 1. The van der Waals surface area contributed by atoms with Crippen LogP contribution in [0.25, 0.3) is 0 Å². The number of benzene rings is 1. The summed E-state index contributed by atoms with van der Waals surface area (Å²) < 4.78 is 0. The van der Waals surface area contributed by atoms with Crippen molar-refractivity contribution in [3.8, 4) is 6.07 Å². The van der Waals surface area contributed by atoms with E-state index in [1.54, 1.807) is 0 Å². The molecule has 0 aliphatic rings. The molecule has 66 valence electrons. The van der Waals surface area contributed by atoms with Gasteiger partial charge in [-0.3, -0.25) is 4.79 Å². The molecule has 0 radical (unpaired) electrons. The van der Waals surface area contributed by atoms with Crippen molar-refractivity contribution < 1.29 is 4.79 Å². The number of ketones is 1. The second-order valence-electron chi connectivity index (χ2n) is 2.60. The lowest BCUT2D eigenvalue weighted by Gasteiger charge is -2.02. The molecule has 13 heavy (non-hydrogen) atoms. The molecular formula is C9H7ClN2O. The molecule has 0 aromatic heterocycles. The lowest BCUT2D eigenvalue weighted by Crippen LogP contribution is -1.97. The lowest BCUT2D eigenvalue weighted by molar-refractivity contribution is 0.101. The predicted octanol–water partition coefficient (Wildman–Crippen LogP) is 2.00. The van der Waals surface area contributed by atoms with Crippen LogP contribution in [0.2, 0.25) is 5.02 Å². The van der Waals surface area contributed by atoms with Crippen LogP contribution in [-0.2, 0) is 0 Å². The van der Waals surface area contributed by atoms with Gasteiger partial charge in [0.05, 0.1) is 16.3 Å². The molecule has 0 saturated heterocycles. The Hall–Kier alpha value is -1.53. The van der Waals surface area contributed by atoms with Crippen molar-refractivity contribution in [2.75, 3.05) is 5.73 Å². The molecule has 0 saturated carbocycles. The first-order chi connectivity index (χ1) is 6.06. The van der Waals surface area contributed by atoms with Gasteiger partial charge in [-0.1, -0.05) is 11.6 Å². The Balaban J connectivity index is 3.41. The summed E-state index contributed by atoms with van der Waals surface area (Å²) in [5.74, 6) is -0.139. The van der Waals surface area contributed by atoms with Gasteiger partial charge in [-0.05, 0) is 19.1 Å². The van der Waals surface area contributed by atoms with Gasteiger partial charge in [-0.2, -0.15) is 5.26 Å². The third kappa shape index (κ3) is 1.79. The highest BCUT2D eigenvalue weighted by atomic mass is 35.5. The van der Waals surface area contributed by atoms with Crippen LogP contribution in [0.1, 0.15) is 22.8 Å². The Morgan fingerprint density at radius 3 is 2.69 bits per heavy atom. The van der Waals surface area contributed by atoms with Gasteiger partial charge in [0.2, 0.25) is 0 Å². The molecule has 0 fully saturated rings. The van der Waals surface area contributed by atoms with Crippen molar-refractivity contribution in [1.82, 2.24) is 0 Å². The van der Waals surface area contributed by atoms with Crippen LogP contribution in [-0.4, -0.2) is 5.78 Å². The summed E-state index contributed by atoms with van der Waals surface area (Å²) in [6, 6.07) is 4.76. The van der Waals surface area contributed by atoms with Crippen LogP contribution in [0.3, 0.4) is 0 Å². The number of carbonyl (C=O) groups excluding carboxylic acids is 1. The maximum absolute atomic E-state index is 11.0. The Morgan fingerprint density at radius 2 is 2.23 bits per heavy atom. The summed E-state index contributed by atoms with van der Waals surface area (Å²) in [6.07, 6.45) is 0. The van der Waals surface area contributed by atoms with Gasteiger partial charge in [0, 0.05) is 5.56 Å². The minimum absolute atomic E-state index is 0.139. The molecule has 1 aromatic carbocycles. The molecule has 1 aromatic rings. The number of nitrogens with zero attached hydrogens (tertiary/aromatic N) is 1. The van der Waals surface area contributed by atoms with Crippen molar-refractivity contribution in [3.63, 3.8) is 0 Å². The first kappa shape index (κ1) is 9.56. The van der Waals surface area contributed by atoms with Gasteiger partial charge in [0.15, 0.2) is 5.78 Å². The molecule has 1 rings (SSSR count). The molecule has 0 aliphatic carbocycles. The van der Waals surface area contributed by atoms with Crippen LogP contribution >= 0.6 is 11.6 Å². The minimum atomic E-state index is -0.139. The molecule has 4 heteroatoms. The van der Waals surface area contributed by atoms with E-state index in [-0.39, 0.29) is 22.1 Å². The largest absolute Gasteiger partial charge is 0.397 e. The van der Waals surface area contributed by atoms with Crippen LogP contribution in [0.15, 0.2) is 12.1 Å². The van der Waals surface area contributed by atoms with Crippen molar-refractivity contribution >= 4 is 23.1 Å². The molecule has 0 bridgehead atoms. The summed E-state index contributed by atoms with van der Waals surface area (Å²) in [4.78, 5) is 11.0. The van der Waals surface area contributed by atoms with E-state index in [1.165, 1.54) is 19.1 Å². The van der Waals surface area contributed by atoms with E-state index in [0.717, 1.165) is 0 Å². The number of nitrogens with two attached hydrogens (primary N) is 1. The standard InChI is InChI=1S/C9H7ClN2O/c1-5(13)6-2-7(4-11)9(10)8(12)3-6/h2-3H,12H2,1H3. The molecule has 0 spiro atoms. The van der Waals surface area contributed by atoms with Crippen molar-refractivity contribution in [3.05, 3.63) is 28.3 Å². The summed E-state index contributed by atoms with van der Waals surface area (Å²) in [5, 5.41) is 8.85. The number of hydrogen-bond acceptors (Lipinski definition) is 3. The average Bonchev–Trinajstić information content (AvgIpc) is 2.09. The summed E-state index contributed by atoms with van der Waals surface area (Å²) in [7, 11) is 0. The topological polar surface area (TPSA) is 66.9 Å². The number of Topliss-reactive ketones (excluding diaryl/α,β-unsaturated/α-hetero) is 1. The second-order valence-corrected chi connectivity index (χ2v) is 2.97. The fourth-order valence-corrected chi connectivity index (χ4v) is 1.08. The first-order valence-corrected chi connectivity index (χ1v) is 3.94. The smallest absolute Gasteiger partial charge is 0.159 e. The van der Waals surface area contributed by atoms with Gasteiger partial charge in [0.25, 0.3) is 0 Å². The number of halogens is 1. The van der Waals surface area contributed by atoms with E-state index >= 15 is 0 Å². The molecule has 2 N–H and O–H groups in total. The highest BCUT2D eigenvalue weighted by Crippen LogP contribution is 2.24. The van der Waals surface area contributed by atoms with E-state index < -0.39 is 0 Å². The van der Waals surface area contributed by atoms with E-state index in [4.69, 9.17) is 22.6 Å². The third-order valence-corrected chi connectivity index (χ3v) is 2.05. The Labute approximate surface area is 80.7 Å². The zero-order valence-corrected chi connectivity index (χ0v) is 7.72. The van der Waals surface area contributed by atoms with Gasteiger partial charge in [-0.15, -0.1) is 0 Å². The minimum Gasteiger partial charge on any atom is -0.397 e. The number of nitriles is 1. The van der Waals surface area contributed by atoms with Crippen molar-refractivity contribution in [2.24, 2.45) is 0 Å². The number of rotatable bonds is 1. The fourth-order valence-electron chi connectivity index (χ4n) is 0.932. The summed E-state index contributed by atoms with van der Waals surface area (Å²) >= 11 is 5.71. The zero-order chi connectivity index (χ0) is 10.0. The Morgan fingerprint density at radius 1 is 1.62 bits per heavy atom.